The fourth-order valence-corrected chi connectivity index (χ4v) is 3.77. The molecule has 0 N–H and O–H groups in total. The van der Waals surface area contributed by atoms with Crippen LogP contribution in [0.5, 0.6) is 0 Å². The number of fused-ring (bicyclic) bond motifs is 1. The Hall–Kier alpha value is -3.01. The number of nitrogens with zero attached hydrogens (tertiary/aromatic N) is 8. The highest BCUT2D eigenvalue weighted by molar-refractivity contribution is 9.10. The summed E-state index contributed by atoms with van der Waals surface area (Å²) in [6.07, 6.45) is 6.97. The number of carbonyl (C=O) groups is 1. The Balaban J connectivity index is 1.70. The summed E-state index contributed by atoms with van der Waals surface area (Å²) in [6.45, 7) is 5.20. The Kier molecular flexibility index (Phi) is 4.95. The normalized spacial score (nSPS) is 11.3. The molecular weight excluding hydrogens is 436 g/mol. The van der Waals surface area contributed by atoms with Crippen LogP contribution in [-0.2, 0) is 20.1 Å². The predicted molar refractivity (Wildman–Crippen MR) is 111 cm³/mol. The van der Waals surface area contributed by atoms with Gasteiger partial charge in [0.05, 0.1) is 40.5 Å². The van der Waals surface area contributed by atoms with E-state index < -0.39 is 0 Å². The van der Waals surface area contributed by atoms with Crippen molar-refractivity contribution in [1.82, 2.24) is 39.1 Å². The van der Waals surface area contributed by atoms with E-state index in [2.05, 4.69) is 36.2 Å². The van der Waals surface area contributed by atoms with E-state index in [1.807, 2.05) is 37.8 Å². The minimum Gasteiger partial charge on any atom is -0.336 e. The average Bonchev–Trinajstić information content (AvgIpc) is 3.40. The summed E-state index contributed by atoms with van der Waals surface area (Å²) in [7, 11) is 3.60. The van der Waals surface area contributed by atoms with Gasteiger partial charge in [-0.1, -0.05) is 0 Å². The van der Waals surface area contributed by atoms with Gasteiger partial charge in [0.25, 0.3) is 5.91 Å². The Morgan fingerprint density at radius 1 is 1.28 bits per heavy atom. The van der Waals surface area contributed by atoms with Crippen LogP contribution < -0.4 is 0 Å². The third kappa shape index (κ3) is 3.33. The van der Waals surface area contributed by atoms with Gasteiger partial charge in [-0.15, -0.1) is 0 Å². The van der Waals surface area contributed by atoms with E-state index in [4.69, 9.17) is 0 Å². The zero-order chi connectivity index (χ0) is 20.7. The highest BCUT2D eigenvalue weighted by Gasteiger charge is 2.22. The van der Waals surface area contributed by atoms with Crippen molar-refractivity contribution in [1.29, 1.82) is 0 Å². The molecule has 0 aliphatic carbocycles. The summed E-state index contributed by atoms with van der Waals surface area (Å²) >= 11 is 3.48. The SMILES string of the molecule is CCn1cc(-c2ccnc3c(C(=O)N(C)Cc4c(Br)cnn4C)cnn23)c(C)n1. The van der Waals surface area contributed by atoms with Crippen molar-refractivity contribution in [3.63, 3.8) is 0 Å². The average molecular weight is 457 g/mol. The molecule has 0 unspecified atom stereocenters. The predicted octanol–water partition coefficient (Wildman–Crippen LogP) is 2.69. The summed E-state index contributed by atoms with van der Waals surface area (Å²) in [5.74, 6) is -0.154. The quantitative estimate of drug-likeness (QED) is 0.460. The van der Waals surface area contributed by atoms with Crippen molar-refractivity contribution in [2.75, 3.05) is 7.05 Å². The Morgan fingerprint density at radius 2 is 2.07 bits per heavy atom. The second-order valence-corrected chi connectivity index (χ2v) is 7.69. The molecule has 0 aromatic carbocycles. The van der Waals surface area contributed by atoms with E-state index in [0.717, 1.165) is 33.7 Å². The van der Waals surface area contributed by atoms with Gasteiger partial charge in [0.2, 0.25) is 0 Å². The smallest absolute Gasteiger partial charge is 0.259 e. The topological polar surface area (TPSA) is 86.1 Å². The number of hydrogen-bond acceptors (Lipinski definition) is 5. The molecule has 4 aromatic rings. The van der Waals surface area contributed by atoms with E-state index in [1.54, 1.807) is 39.7 Å². The summed E-state index contributed by atoms with van der Waals surface area (Å²) in [6, 6.07) is 1.88. The van der Waals surface area contributed by atoms with Gasteiger partial charge in [0, 0.05) is 38.6 Å². The first-order chi connectivity index (χ1) is 13.9. The van der Waals surface area contributed by atoms with E-state index in [-0.39, 0.29) is 5.91 Å². The second kappa shape index (κ2) is 7.43. The van der Waals surface area contributed by atoms with Crippen LogP contribution in [0.1, 0.15) is 28.7 Å². The highest BCUT2D eigenvalue weighted by atomic mass is 79.9. The molecule has 0 saturated carbocycles. The van der Waals surface area contributed by atoms with Gasteiger partial charge in [0.15, 0.2) is 5.65 Å². The fraction of sp³-hybridized carbons (Fsp3) is 0.316. The van der Waals surface area contributed by atoms with Crippen molar-refractivity contribution in [3.05, 3.63) is 52.3 Å². The van der Waals surface area contributed by atoms with Gasteiger partial charge >= 0.3 is 0 Å². The minimum atomic E-state index is -0.154. The van der Waals surface area contributed by atoms with Gasteiger partial charge < -0.3 is 4.90 Å². The molecule has 0 bridgehead atoms. The number of carbonyl (C=O) groups excluding carboxylic acids is 1. The zero-order valence-electron chi connectivity index (χ0n) is 16.7. The third-order valence-electron chi connectivity index (χ3n) is 4.92. The van der Waals surface area contributed by atoms with Crippen molar-refractivity contribution >= 4 is 27.5 Å². The molecule has 0 atom stereocenters. The molecule has 0 aliphatic heterocycles. The molecule has 0 radical (unpaired) electrons. The lowest BCUT2D eigenvalue weighted by molar-refractivity contribution is 0.0783. The molecule has 4 heterocycles. The molecule has 0 aliphatic rings. The van der Waals surface area contributed by atoms with Crippen LogP contribution in [0.4, 0.5) is 0 Å². The summed E-state index contributed by atoms with van der Waals surface area (Å²) in [4.78, 5) is 19.2. The highest BCUT2D eigenvalue weighted by Crippen LogP contribution is 2.24. The third-order valence-corrected chi connectivity index (χ3v) is 5.58. The van der Waals surface area contributed by atoms with E-state index in [9.17, 15) is 4.79 Å². The van der Waals surface area contributed by atoms with Gasteiger partial charge in [-0.2, -0.15) is 15.3 Å². The number of rotatable bonds is 5. The van der Waals surface area contributed by atoms with Crippen molar-refractivity contribution in [2.24, 2.45) is 7.05 Å². The maximum atomic E-state index is 13.1. The number of halogens is 1. The van der Waals surface area contributed by atoms with E-state index >= 15 is 0 Å². The first kappa shape index (κ1) is 19.3. The maximum absolute atomic E-state index is 13.1. The van der Waals surface area contributed by atoms with E-state index in [0.29, 0.717) is 17.8 Å². The van der Waals surface area contributed by atoms with Crippen LogP contribution in [0.15, 0.2) is 35.3 Å². The Labute approximate surface area is 176 Å². The number of hydrogen-bond donors (Lipinski definition) is 0. The molecule has 1 amide bonds. The van der Waals surface area contributed by atoms with Crippen LogP contribution in [0.25, 0.3) is 16.9 Å². The number of aryl methyl sites for hydroxylation is 3. The molecule has 9 nitrogen and oxygen atoms in total. The van der Waals surface area contributed by atoms with Crippen LogP contribution in [-0.4, -0.2) is 52.0 Å². The molecule has 0 saturated heterocycles. The molecule has 0 spiro atoms. The molecule has 10 heteroatoms. The lowest BCUT2D eigenvalue weighted by Crippen LogP contribution is -2.27. The molecule has 4 rings (SSSR count). The van der Waals surface area contributed by atoms with Crippen molar-refractivity contribution in [3.8, 4) is 11.3 Å². The number of aromatic nitrogens is 7. The van der Waals surface area contributed by atoms with Crippen molar-refractivity contribution in [2.45, 2.75) is 26.9 Å². The summed E-state index contributed by atoms with van der Waals surface area (Å²) in [5, 5.41) is 13.2. The lowest BCUT2D eigenvalue weighted by Gasteiger charge is -2.17. The monoisotopic (exact) mass is 456 g/mol. The Bertz CT molecular complexity index is 1180. The van der Waals surface area contributed by atoms with Crippen LogP contribution in [0, 0.1) is 6.92 Å². The van der Waals surface area contributed by atoms with Crippen LogP contribution in [0.2, 0.25) is 0 Å². The first-order valence-electron chi connectivity index (χ1n) is 9.19. The molecular formula is C19H21BrN8O. The lowest BCUT2D eigenvalue weighted by atomic mass is 10.2. The fourth-order valence-electron chi connectivity index (χ4n) is 3.29. The second-order valence-electron chi connectivity index (χ2n) is 6.83. The van der Waals surface area contributed by atoms with E-state index in [1.165, 1.54) is 0 Å². The van der Waals surface area contributed by atoms with Gasteiger partial charge in [-0.25, -0.2) is 9.50 Å². The molecule has 4 aromatic heterocycles. The number of amides is 1. The minimum absolute atomic E-state index is 0.154. The largest absolute Gasteiger partial charge is 0.336 e. The first-order valence-corrected chi connectivity index (χ1v) is 9.99. The standard InChI is InChI=1S/C19H21BrN8O/c1-5-27-10-14(12(2)24-27)16-6-7-21-18-13(8-23-28(16)18)19(29)25(3)11-17-15(20)9-22-26(17)4/h6-10H,5,11H2,1-4H3. The van der Waals surface area contributed by atoms with Crippen molar-refractivity contribution < 1.29 is 4.79 Å². The van der Waals surface area contributed by atoms with Gasteiger partial charge in [-0.3, -0.25) is 14.2 Å². The zero-order valence-corrected chi connectivity index (χ0v) is 18.3. The molecule has 29 heavy (non-hydrogen) atoms. The molecule has 150 valence electrons. The van der Waals surface area contributed by atoms with Gasteiger partial charge in [0.1, 0.15) is 5.56 Å². The van der Waals surface area contributed by atoms with Crippen LogP contribution >= 0.6 is 15.9 Å². The van der Waals surface area contributed by atoms with Crippen LogP contribution in [0.3, 0.4) is 0 Å². The maximum Gasteiger partial charge on any atom is 0.259 e. The Morgan fingerprint density at radius 3 is 2.72 bits per heavy atom. The summed E-state index contributed by atoms with van der Waals surface area (Å²) in [5.41, 5.74) is 4.60. The van der Waals surface area contributed by atoms with Gasteiger partial charge in [-0.05, 0) is 35.8 Å². The molecule has 0 fully saturated rings. The summed E-state index contributed by atoms with van der Waals surface area (Å²) < 4.78 is 6.19.